The number of hydrogen-bond acceptors (Lipinski definition) is 9. The van der Waals surface area contributed by atoms with Gasteiger partial charge in [0.15, 0.2) is 0 Å². The Morgan fingerprint density at radius 3 is 2.42 bits per heavy atom. The van der Waals surface area contributed by atoms with Crippen molar-refractivity contribution in [1.82, 2.24) is 34.4 Å². The molecule has 4 aliphatic heterocycles. The smallest absolute Gasteiger partial charge is 0.352 e. The molecule has 69 heavy (non-hydrogen) atoms. The predicted octanol–water partition coefficient (Wildman–Crippen LogP) is 7.61. The highest BCUT2D eigenvalue weighted by atomic mass is 35.5. The molecule has 4 aliphatic rings. The zero-order valence-corrected chi connectivity index (χ0v) is 40.2. The summed E-state index contributed by atoms with van der Waals surface area (Å²) in [7, 11) is 1.91. The number of rotatable bonds is 14. The van der Waals surface area contributed by atoms with Crippen molar-refractivity contribution in [1.29, 1.82) is 0 Å². The van der Waals surface area contributed by atoms with Crippen molar-refractivity contribution in [3.63, 3.8) is 0 Å². The summed E-state index contributed by atoms with van der Waals surface area (Å²) >= 11 is 7.11. The molecule has 3 saturated heterocycles. The van der Waals surface area contributed by atoms with Crippen molar-refractivity contribution < 1.29 is 33.4 Å². The number of benzene rings is 4. The first-order valence-corrected chi connectivity index (χ1v) is 24.6. The van der Waals surface area contributed by atoms with E-state index in [9.17, 15) is 28.7 Å². The number of carbonyl (C=O) groups is 4. The molecule has 6 aromatic rings. The van der Waals surface area contributed by atoms with Crippen LogP contribution < -0.4 is 15.0 Å². The summed E-state index contributed by atoms with van der Waals surface area (Å²) in [5.74, 6) is -0.917. The summed E-state index contributed by atoms with van der Waals surface area (Å²) in [6.45, 7) is 12.4. The molecule has 0 aliphatic carbocycles. The third-order valence-corrected chi connectivity index (χ3v) is 15.3. The predicted molar refractivity (Wildman–Crippen MR) is 264 cm³/mol. The number of halogens is 2. The van der Waals surface area contributed by atoms with E-state index in [1.54, 1.807) is 11.0 Å². The molecular formula is C53H58ClFN8O6. The van der Waals surface area contributed by atoms with Crippen molar-refractivity contribution in [2.24, 2.45) is 13.0 Å². The topological polar surface area (TPSA) is 145 Å². The first-order valence-electron chi connectivity index (χ1n) is 24.2. The number of carbonyl (C=O) groups excluding carboxylic acids is 3. The summed E-state index contributed by atoms with van der Waals surface area (Å²) < 4.78 is 24.0. The molecule has 6 heterocycles. The van der Waals surface area contributed by atoms with Crippen molar-refractivity contribution in [2.45, 2.75) is 71.5 Å². The second kappa shape index (κ2) is 19.2. The van der Waals surface area contributed by atoms with Gasteiger partial charge in [0.25, 0.3) is 5.91 Å². The molecule has 0 saturated carbocycles. The van der Waals surface area contributed by atoms with E-state index < -0.39 is 17.9 Å². The summed E-state index contributed by atoms with van der Waals surface area (Å²) in [4.78, 5) is 59.9. The highest BCUT2D eigenvalue weighted by molar-refractivity contribution is 6.35. The second-order valence-corrected chi connectivity index (χ2v) is 19.6. The lowest BCUT2D eigenvalue weighted by molar-refractivity contribution is -0.136. The van der Waals surface area contributed by atoms with Gasteiger partial charge in [-0.1, -0.05) is 29.8 Å². The minimum absolute atomic E-state index is 0.155. The third-order valence-electron chi connectivity index (χ3n) is 15.0. The Morgan fingerprint density at radius 1 is 0.899 bits per heavy atom. The lowest BCUT2D eigenvalue weighted by Gasteiger charge is -2.39. The number of amides is 3. The van der Waals surface area contributed by atoms with Crippen LogP contribution >= 0.6 is 11.6 Å². The van der Waals surface area contributed by atoms with Crippen LogP contribution in [0.2, 0.25) is 5.02 Å². The highest BCUT2D eigenvalue weighted by Gasteiger charge is 2.39. The fourth-order valence-corrected chi connectivity index (χ4v) is 11.6. The highest BCUT2D eigenvalue weighted by Crippen LogP contribution is 2.42. The normalized spacial score (nSPS) is 18.4. The third kappa shape index (κ3) is 9.07. The number of aryl methyl sites for hydroxylation is 3. The van der Waals surface area contributed by atoms with Crippen LogP contribution in [-0.4, -0.2) is 123 Å². The average Bonchev–Trinajstić information content (AvgIpc) is 3.93. The molecule has 1 unspecified atom stereocenters. The van der Waals surface area contributed by atoms with E-state index >= 15 is 0 Å². The minimum atomic E-state index is -0.985. The van der Waals surface area contributed by atoms with Gasteiger partial charge in [-0.25, -0.2) is 9.18 Å². The minimum Gasteiger partial charge on any atom is -0.493 e. The maximum Gasteiger partial charge on any atom is 0.352 e. The van der Waals surface area contributed by atoms with Gasteiger partial charge >= 0.3 is 5.97 Å². The maximum absolute atomic E-state index is 14.0. The van der Waals surface area contributed by atoms with Gasteiger partial charge in [-0.05, 0) is 130 Å². The van der Waals surface area contributed by atoms with Gasteiger partial charge in [-0.2, -0.15) is 5.10 Å². The van der Waals surface area contributed by atoms with Crippen molar-refractivity contribution in [3.05, 3.63) is 111 Å². The Morgan fingerprint density at radius 2 is 1.68 bits per heavy atom. The SMILES string of the molecule is Cc1nn(C)c(C)c1-c1c(Cl)ccc2c(CCCOc3cccc4cc(F)ccc34)c(C(=O)O)n(CCN3CCC(CN4CCN(c5ccc6c(c5)CN(C5CCC(=O)NC5=O)C6=O)CC4)CC3)c12. The number of piperidine rings is 2. The van der Waals surface area contributed by atoms with Crippen LogP contribution in [0.1, 0.15) is 75.5 Å². The fourth-order valence-electron chi connectivity index (χ4n) is 11.3. The number of nitrogens with zero attached hydrogens (tertiary/aromatic N) is 7. The Labute approximate surface area is 405 Å². The van der Waals surface area contributed by atoms with E-state index in [2.05, 4.69) is 26.1 Å². The Bertz CT molecular complexity index is 3010. The van der Waals surface area contributed by atoms with Crippen LogP contribution in [-0.2, 0) is 36.1 Å². The number of hydrogen-bond donors (Lipinski definition) is 2. The zero-order valence-electron chi connectivity index (χ0n) is 39.4. The molecule has 2 N–H and O–H groups in total. The average molecular weight is 958 g/mol. The van der Waals surface area contributed by atoms with Gasteiger partial charge in [-0.3, -0.25) is 29.3 Å². The number of aromatic carboxylic acids is 1. The number of carboxylic acids is 1. The number of ether oxygens (including phenoxy) is 1. The Kier molecular flexibility index (Phi) is 13.0. The van der Waals surface area contributed by atoms with Crippen molar-refractivity contribution in [2.75, 3.05) is 63.9 Å². The number of anilines is 1. The number of likely N-dealkylation sites (tertiary alicyclic amines) is 1. The molecule has 1 atom stereocenters. The number of nitrogens with one attached hydrogen (secondary N) is 1. The van der Waals surface area contributed by atoms with Crippen LogP contribution in [0.15, 0.2) is 66.7 Å². The van der Waals surface area contributed by atoms with Crippen LogP contribution in [0, 0.1) is 25.6 Å². The molecule has 4 aromatic carbocycles. The molecule has 0 radical (unpaired) electrons. The van der Waals surface area contributed by atoms with Crippen molar-refractivity contribution >= 4 is 62.7 Å². The van der Waals surface area contributed by atoms with E-state index in [-0.39, 0.29) is 29.7 Å². The van der Waals surface area contributed by atoms with Crippen LogP contribution in [0.4, 0.5) is 10.1 Å². The molecular weight excluding hydrogens is 899 g/mol. The maximum atomic E-state index is 14.0. The number of fused-ring (bicyclic) bond motifs is 3. The lowest BCUT2D eigenvalue weighted by atomic mass is 9.96. The first-order chi connectivity index (χ1) is 33.3. The monoisotopic (exact) mass is 956 g/mol. The van der Waals surface area contributed by atoms with Gasteiger partial charge in [0.2, 0.25) is 11.8 Å². The molecule has 0 spiro atoms. The van der Waals surface area contributed by atoms with Gasteiger partial charge in [0, 0.05) is 105 Å². The molecule has 14 nitrogen and oxygen atoms in total. The summed E-state index contributed by atoms with van der Waals surface area (Å²) in [5.41, 5.74) is 7.93. The fraction of sp³-hybridized carbons (Fsp3) is 0.415. The quantitative estimate of drug-likeness (QED) is 0.0827. The molecule has 360 valence electrons. The van der Waals surface area contributed by atoms with Crippen molar-refractivity contribution in [3.8, 4) is 16.9 Å². The Balaban J connectivity index is 0.789. The summed E-state index contributed by atoms with van der Waals surface area (Å²) in [6.07, 6.45) is 3.73. The molecule has 0 bridgehead atoms. The van der Waals surface area contributed by atoms with Gasteiger partial charge in [0.05, 0.1) is 22.8 Å². The zero-order chi connectivity index (χ0) is 48.1. The standard InChI is InChI=1S/C53H58ClFN8O6/c1-32-47(33(2)58(3)57-32)48-43(54)14-13-42-41(7-5-27-69-45-8-4-6-35-28-37(55)9-11-39(35)45)50(53(67)68)62(49(42)48)26-23-59-19-17-34(18-20-59)30-60-21-24-61(25-22-60)38-10-12-40-36(29-38)31-63(52(40)66)44-15-16-46(64)56-51(44)65/h4,6,8-14,28-29,34,44H,5,7,15-27,30-31H2,1-3H3,(H,67,68)(H,56,64,65). The number of carboxylic acid groups (broad SMARTS) is 1. The largest absolute Gasteiger partial charge is 0.493 e. The van der Waals surface area contributed by atoms with Gasteiger partial charge in [0.1, 0.15) is 23.3 Å². The van der Waals surface area contributed by atoms with E-state index in [1.807, 2.05) is 72.6 Å². The van der Waals surface area contributed by atoms with Crippen LogP contribution in [0.25, 0.3) is 32.8 Å². The summed E-state index contributed by atoms with van der Waals surface area (Å²) in [6, 6.07) is 19.4. The lowest BCUT2D eigenvalue weighted by Crippen LogP contribution is -2.52. The van der Waals surface area contributed by atoms with Gasteiger partial charge in [-0.15, -0.1) is 0 Å². The van der Waals surface area contributed by atoms with E-state index in [0.29, 0.717) is 67.8 Å². The van der Waals surface area contributed by atoms with E-state index in [0.717, 1.165) is 120 Å². The molecule has 10 rings (SSSR count). The van der Waals surface area contributed by atoms with E-state index in [1.165, 1.54) is 12.1 Å². The second-order valence-electron chi connectivity index (χ2n) is 19.2. The molecule has 3 fully saturated rings. The Hall–Kier alpha value is -6.29. The first kappa shape index (κ1) is 46.4. The van der Waals surface area contributed by atoms with Gasteiger partial charge < -0.3 is 29.1 Å². The number of imide groups is 1. The number of piperazine rings is 1. The van der Waals surface area contributed by atoms with Crippen LogP contribution in [0.5, 0.6) is 5.75 Å². The molecule has 2 aromatic heterocycles. The van der Waals surface area contributed by atoms with Crippen LogP contribution in [0.3, 0.4) is 0 Å². The summed E-state index contributed by atoms with van der Waals surface area (Å²) in [5, 5.41) is 21.1. The van der Waals surface area contributed by atoms with E-state index in [4.69, 9.17) is 21.4 Å². The number of aromatic nitrogens is 3. The molecule has 3 amide bonds. The molecule has 16 heteroatoms.